The fraction of sp³-hybridized carbons (Fsp3) is 0.421. The first-order chi connectivity index (χ1) is 12.6. The molecule has 2 aliphatic rings. The Bertz CT molecular complexity index is 846. The molecular formula is C19H23N5OS. The average molecular weight is 369 g/mol. The van der Waals surface area contributed by atoms with E-state index in [9.17, 15) is 4.79 Å². The minimum atomic E-state index is -0.225. The van der Waals surface area contributed by atoms with Gasteiger partial charge in [-0.25, -0.2) is 4.98 Å². The molecule has 0 radical (unpaired) electrons. The minimum Gasteiger partial charge on any atom is -0.398 e. The van der Waals surface area contributed by atoms with E-state index in [4.69, 9.17) is 11.1 Å². The first-order valence-electron chi connectivity index (χ1n) is 9.00. The van der Waals surface area contributed by atoms with Gasteiger partial charge in [-0.15, -0.1) is 11.3 Å². The summed E-state index contributed by atoms with van der Waals surface area (Å²) in [6.07, 6.45) is 4.83. The number of rotatable bonds is 4. The molecule has 2 fully saturated rings. The summed E-state index contributed by atoms with van der Waals surface area (Å²) in [4.78, 5) is 19.3. The van der Waals surface area contributed by atoms with Crippen LogP contribution in [0.2, 0.25) is 0 Å². The van der Waals surface area contributed by atoms with E-state index in [1.807, 2.05) is 22.4 Å². The lowest BCUT2D eigenvalue weighted by atomic mass is 9.67. The van der Waals surface area contributed by atoms with Crippen molar-refractivity contribution in [2.24, 2.45) is 0 Å². The summed E-state index contributed by atoms with van der Waals surface area (Å²) in [6, 6.07) is 5.63. The molecule has 1 amide bonds. The number of benzene rings is 1. The summed E-state index contributed by atoms with van der Waals surface area (Å²) in [5.41, 5.74) is 7.92. The molecule has 26 heavy (non-hydrogen) atoms. The molecule has 4 rings (SSSR count). The van der Waals surface area contributed by atoms with Gasteiger partial charge in [-0.05, 0) is 37.5 Å². The number of anilines is 1. The molecule has 1 aliphatic carbocycles. The predicted octanol–water partition coefficient (Wildman–Crippen LogP) is 2.50. The molecule has 2 atom stereocenters. The van der Waals surface area contributed by atoms with Crippen LogP contribution >= 0.6 is 11.3 Å². The highest BCUT2D eigenvalue weighted by atomic mass is 32.1. The number of amides is 1. The number of aromatic nitrogens is 1. The second-order valence-electron chi connectivity index (χ2n) is 7.00. The summed E-state index contributed by atoms with van der Waals surface area (Å²) >= 11 is 1.52. The molecule has 1 saturated heterocycles. The van der Waals surface area contributed by atoms with E-state index < -0.39 is 0 Å². The molecule has 7 heteroatoms. The Kier molecular flexibility index (Phi) is 4.28. The van der Waals surface area contributed by atoms with Crippen LogP contribution in [0.3, 0.4) is 0 Å². The number of nitrogen functional groups attached to an aromatic ring is 1. The smallest absolute Gasteiger partial charge is 0.272 e. The van der Waals surface area contributed by atoms with Crippen molar-refractivity contribution < 1.29 is 4.79 Å². The number of thiazole rings is 1. The van der Waals surface area contributed by atoms with Gasteiger partial charge in [0.25, 0.3) is 5.91 Å². The van der Waals surface area contributed by atoms with E-state index in [1.54, 1.807) is 12.3 Å². The third-order valence-corrected chi connectivity index (χ3v) is 6.64. The van der Waals surface area contributed by atoms with Gasteiger partial charge in [0.1, 0.15) is 10.7 Å². The zero-order valence-electron chi connectivity index (χ0n) is 14.8. The van der Waals surface area contributed by atoms with Crippen molar-refractivity contribution >= 4 is 28.6 Å². The summed E-state index contributed by atoms with van der Waals surface area (Å²) in [6.45, 7) is 3.58. The summed E-state index contributed by atoms with van der Waals surface area (Å²) < 4.78 is 0. The van der Waals surface area contributed by atoms with Gasteiger partial charge >= 0.3 is 0 Å². The second kappa shape index (κ2) is 6.48. The van der Waals surface area contributed by atoms with Crippen molar-refractivity contribution in [3.8, 4) is 10.6 Å². The first-order valence-corrected chi connectivity index (χ1v) is 9.88. The lowest BCUT2D eigenvalue weighted by Crippen LogP contribution is -2.73. The maximum atomic E-state index is 13.1. The number of hydrogen-bond donors (Lipinski definition) is 3. The fourth-order valence-electron chi connectivity index (χ4n) is 4.17. The van der Waals surface area contributed by atoms with Crippen LogP contribution in [0.4, 0.5) is 5.69 Å². The fourth-order valence-corrected chi connectivity index (χ4v) is 4.81. The van der Waals surface area contributed by atoms with Gasteiger partial charge in [-0.3, -0.25) is 10.2 Å². The quantitative estimate of drug-likeness (QED) is 0.570. The largest absolute Gasteiger partial charge is 0.398 e. The second-order valence-corrected chi connectivity index (χ2v) is 7.90. The van der Waals surface area contributed by atoms with E-state index in [2.05, 4.69) is 17.2 Å². The van der Waals surface area contributed by atoms with Crippen LogP contribution in [0.5, 0.6) is 0 Å². The van der Waals surface area contributed by atoms with Crippen LogP contribution in [0.15, 0.2) is 29.8 Å². The van der Waals surface area contributed by atoms with Crippen molar-refractivity contribution in [2.45, 2.75) is 37.8 Å². The number of piperazine rings is 1. The zero-order valence-corrected chi connectivity index (χ0v) is 15.6. The normalized spacial score (nSPS) is 24.7. The van der Waals surface area contributed by atoms with Crippen molar-refractivity contribution in [3.63, 3.8) is 0 Å². The topological polar surface area (TPSA) is 95.1 Å². The molecule has 1 aromatic carbocycles. The van der Waals surface area contributed by atoms with E-state index in [0.717, 1.165) is 36.4 Å². The molecule has 4 N–H and O–H groups in total. The van der Waals surface area contributed by atoms with E-state index in [-0.39, 0.29) is 23.2 Å². The van der Waals surface area contributed by atoms with Crippen LogP contribution < -0.4 is 11.1 Å². The summed E-state index contributed by atoms with van der Waals surface area (Å²) in [5, 5.41) is 14.9. The molecule has 6 nitrogen and oxygen atoms in total. The predicted molar refractivity (Wildman–Crippen MR) is 105 cm³/mol. The van der Waals surface area contributed by atoms with Crippen molar-refractivity contribution in [1.82, 2.24) is 15.2 Å². The van der Waals surface area contributed by atoms with Gasteiger partial charge in [-0.1, -0.05) is 6.92 Å². The van der Waals surface area contributed by atoms with E-state index >= 15 is 0 Å². The third kappa shape index (κ3) is 2.62. The van der Waals surface area contributed by atoms with Gasteiger partial charge in [-0.2, -0.15) is 0 Å². The molecule has 2 unspecified atom stereocenters. The molecule has 136 valence electrons. The molecule has 1 aliphatic heterocycles. The maximum absolute atomic E-state index is 13.1. The van der Waals surface area contributed by atoms with Gasteiger partial charge < -0.3 is 16.0 Å². The average Bonchev–Trinajstić information content (AvgIpc) is 3.16. The molecular weight excluding hydrogens is 346 g/mol. The monoisotopic (exact) mass is 369 g/mol. The number of nitrogens with two attached hydrogens (primary N) is 1. The number of carbonyl (C=O) groups is 1. The van der Waals surface area contributed by atoms with Crippen LogP contribution in [0.25, 0.3) is 10.6 Å². The number of nitrogens with zero attached hydrogens (tertiary/aromatic N) is 2. The Labute approximate surface area is 156 Å². The summed E-state index contributed by atoms with van der Waals surface area (Å²) in [5.74, 6) is -0.225. The Balaban J connectivity index is 1.61. The van der Waals surface area contributed by atoms with Crippen LogP contribution in [-0.4, -0.2) is 46.2 Å². The van der Waals surface area contributed by atoms with Gasteiger partial charge in [0.2, 0.25) is 0 Å². The molecule has 2 heterocycles. The highest BCUT2D eigenvalue weighted by Gasteiger charge is 2.51. The molecule has 0 bridgehead atoms. The Morgan fingerprint density at radius 3 is 3.04 bits per heavy atom. The Morgan fingerprint density at radius 1 is 1.54 bits per heavy atom. The Morgan fingerprint density at radius 2 is 2.38 bits per heavy atom. The van der Waals surface area contributed by atoms with Crippen LogP contribution in [0.1, 0.15) is 31.7 Å². The third-order valence-electron chi connectivity index (χ3n) is 5.82. The molecule has 1 aromatic heterocycles. The number of carbonyl (C=O) groups excluding carboxylic acids is 1. The minimum absolute atomic E-state index is 0.0280. The number of nitrogens with one attached hydrogen (secondary N) is 2. The van der Waals surface area contributed by atoms with Gasteiger partial charge in [0, 0.05) is 47.0 Å². The summed E-state index contributed by atoms with van der Waals surface area (Å²) in [7, 11) is 0. The SMILES string of the molecule is CCC12CCC1N(C(=O)C(=N)c1cc(-c3nccs3)ccc1N)CCN2. The van der Waals surface area contributed by atoms with Crippen molar-refractivity contribution in [3.05, 3.63) is 35.3 Å². The van der Waals surface area contributed by atoms with E-state index in [0.29, 0.717) is 17.8 Å². The Hall–Kier alpha value is -2.25. The number of fused-ring (bicyclic) bond motifs is 1. The highest BCUT2D eigenvalue weighted by molar-refractivity contribution is 7.13. The molecule has 2 aromatic rings. The van der Waals surface area contributed by atoms with Crippen molar-refractivity contribution in [2.75, 3.05) is 18.8 Å². The zero-order chi connectivity index (χ0) is 18.3. The standard InChI is InChI=1S/C19H23N5OS/c1-2-19-6-5-15(19)24(9-7-23-19)18(25)16(21)13-11-12(3-4-14(13)20)17-22-8-10-26-17/h3-4,8,10-11,15,21,23H,2,5-7,9,20H2,1H3. The van der Waals surface area contributed by atoms with Crippen molar-refractivity contribution in [1.29, 1.82) is 5.41 Å². The molecule has 0 spiro atoms. The lowest BCUT2D eigenvalue weighted by molar-refractivity contribution is -0.135. The van der Waals surface area contributed by atoms with E-state index in [1.165, 1.54) is 11.3 Å². The molecule has 1 saturated carbocycles. The van der Waals surface area contributed by atoms with Crippen LogP contribution in [0, 0.1) is 5.41 Å². The lowest BCUT2D eigenvalue weighted by Gasteiger charge is -2.58. The highest BCUT2D eigenvalue weighted by Crippen LogP contribution is 2.41. The first kappa shape index (κ1) is 17.2. The maximum Gasteiger partial charge on any atom is 0.272 e. The van der Waals surface area contributed by atoms with Gasteiger partial charge in [0.15, 0.2) is 0 Å². The van der Waals surface area contributed by atoms with Crippen LogP contribution in [-0.2, 0) is 4.79 Å². The van der Waals surface area contributed by atoms with Gasteiger partial charge in [0.05, 0.1) is 6.04 Å². The number of hydrogen-bond acceptors (Lipinski definition) is 6.